The lowest BCUT2D eigenvalue weighted by atomic mass is 9.99. The fourth-order valence-electron chi connectivity index (χ4n) is 2.72. The number of carbonyl (C=O) groups excluding carboxylic acids is 2. The van der Waals surface area contributed by atoms with Crippen molar-refractivity contribution < 1.29 is 9.59 Å². The lowest BCUT2D eigenvalue weighted by molar-refractivity contribution is -0.113. The minimum absolute atomic E-state index is 0.205. The quantitative estimate of drug-likeness (QED) is 0.231. The highest BCUT2D eigenvalue weighted by atomic mass is 35.5. The molecule has 22 heavy (non-hydrogen) atoms. The van der Waals surface area contributed by atoms with Crippen LogP contribution in [-0.2, 0) is 9.59 Å². The summed E-state index contributed by atoms with van der Waals surface area (Å²) in [6.45, 7) is 2.10. The Morgan fingerprint density at radius 1 is 0.682 bits per heavy atom. The molecule has 1 atom stereocenters. The molecule has 0 rings (SSSR count). The Bertz CT molecular complexity index is 293. The summed E-state index contributed by atoms with van der Waals surface area (Å²) < 4.78 is 0. The molecule has 0 radical (unpaired) electrons. The first-order valence-corrected chi connectivity index (χ1v) is 9.64. The maximum Gasteiger partial charge on any atom is 0.221 e. The van der Waals surface area contributed by atoms with E-state index < -0.39 is 0 Å². The molecule has 0 aromatic carbocycles. The minimum atomic E-state index is -0.207. The predicted molar refractivity (Wildman–Crippen MR) is 95.5 cm³/mol. The van der Waals surface area contributed by atoms with Crippen molar-refractivity contribution in [3.05, 3.63) is 0 Å². The second-order valence-electron chi connectivity index (χ2n) is 6.45. The van der Waals surface area contributed by atoms with E-state index in [2.05, 4.69) is 6.92 Å². The van der Waals surface area contributed by atoms with Gasteiger partial charge in [0.2, 0.25) is 10.5 Å². The number of carbonyl (C=O) groups is 2. The molecule has 4 heteroatoms. The van der Waals surface area contributed by atoms with Gasteiger partial charge < -0.3 is 0 Å². The van der Waals surface area contributed by atoms with Crippen LogP contribution in [0.5, 0.6) is 0 Å². The van der Waals surface area contributed by atoms with Crippen LogP contribution in [0.1, 0.15) is 96.8 Å². The molecule has 0 bridgehead atoms. The molecule has 0 amide bonds. The molecule has 1 unspecified atom stereocenters. The van der Waals surface area contributed by atoms with Crippen molar-refractivity contribution in [1.82, 2.24) is 0 Å². The van der Waals surface area contributed by atoms with Crippen molar-refractivity contribution in [3.8, 4) is 0 Å². The average molecular weight is 351 g/mol. The summed E-state index contributed by atoms with van der Waals surface area (Å²) in [7, 11) is 0. The monoisotopic (exact) mass is 350 g/mol. The SMILES string of the molecule is CC(CCCCCCCCCCCCCC(=O)Cl)CC(=O)Cl. The maximum absolute atomic E-state index is 10.7. The Morgan fingerprint density at radius 3 is 1.50 bits per heavy atom. The molecule has 0 saturated carbocycles. The van der Waals surface area contributed by atoms with E-state index in [9.17, 15) is 9.59 Å². The molecule has 0 aromatic rings. The zero-order valence-electron chi connectivity index (χ0n) is 14.0. The second-order valence-corrected chi connectivity index (χ2v) is 7.29. The summed E-state index contributed by atoms with van der Waals surface area (Å²) in [6, 6.07) is 0. The second kappa shape index (κ2) is 15.8. The number of halogens is 2. The Balaban J connectivity index is 3.11. The molecule has 0 spiro atoms. The van der Waals surface area contributed by atoms with Crippen LogP contribution in [0.2, 0.25) is 0 Å². The number of unbranched alkanes of at least 4 members (excludes halogenated alkanes) is 10. The number of rotatable bonds is 16. The van der Waals surface area contributed by atoms with E-state index in [1.807, 2.05) is 0 Å². The normalized spacial score (nSPS) is 12.3. The Hall–Kier alpha value is -0.0800. The van der Waals surface area contributed by atoms with E-state index in [0.29, 0.717) is 18.8 Å². The molecule has 0 aliphatic heterocycles. The molecule has 0 aromatic heterocycles. The van der Waals surface area contributed by atoms with Crippen LogP contribution in [0.25, 0.3) is 0 Å². The first kappa shape index (κ1) is 21.9. The van der Waals surface area contributed by atoms with Crippen LogP contribution in [-0.4, -0.2) is 10.5 Å². The summed E-state index contributed by atoms with van der Waals surface area (Å²) in [6.07, 6.45) is 15.8. The molecule has 130 valence electrons. The standard InChI is InChI=1S/C18H32Cl2O2/c1-16(15-18(20)22)13-11-9-7-5-3-2-4-6-8-10-12-14-17(19)21/h16H,2-15H2,1H3. The van der Waals surface area contributed by atoms with E-state index >= 15 is 0 Å². The van der Waals surface area contributed by atoms with Gasteiger partial charge in [0.1, 0.15) is 0 Å². The van der Waals surface area contributed by atoms with Crippen molar-refractivity contribution in [2.24, 2.45) is 5.92 Å². The van der Waals surface area contributed by atoms with Gasteiger partial charge in [-0.1, -0.05) is 77.6 Å². The third-order valence-corrected chi connectivity index (χ3v) is 4.42. The molecular weight excluding hydrogens is 319 g/mol. The van der Waals surface area contributed by atoms with Crippen molar-refractivity contribution >= 4 is 33.7 Å². The first-order valence-electron chi connectivity index (χ1n) is 8.89. The Kier molecular flexibility index (Phi) is 15.7. The fraction of sp³-hybridized carbons (Fsp3) is 0.889. The summed E-state index contributed by atoms with van der Waals surface area (Å²) in [5.74, 6) is 0.430. The summed E-state index contributed by atoms with van der Waals surface area (Å²) in [5.41, 5.74) is 0. The van der Waals surface area contributed by atoms with E-state index in [0.717, 1.165) is 19.3 Å². The fourth-order valence-corrected chi connectivity index (χ4v) is 3.12. The summed E-state index contributed by atoms with van der Waals surface area (Å²) in [5, 5.41) is -0.412. The van der Waals surface area contributed by atoms with Crippen LogP contribution >= 0.6 is 23.2 Å². The van der Waals surface area contributed by atoms with Gasteiger partial charge in [-0.05, 0) is 35.5 Å². The van der Waals surface area contributed by atoms with Gasteiger partial charge in [0, 0.05) is 12.8 Å². The van der Waals surface area contributed by atoms with Crippen molar-refractivity contribution in [2.75, 3.05) is 0 Å². The van der Waals surface area contributed by atoms with Crippen molar-refractivity contribution in [1.29, 1.82) is 0 Å². The van der Waals surface area contributed by atoms with Gasteiger partial charge in [0.25, 0.3) is 0 Å². The lowest BCUT2D eigenvalue weighted by Gasteiger charge is -2.08. The van der Waals surface area contributed by atoms with E-state index in [-0.39, 0.29) is 10.5 Å². The minimum Gasteiger partial charge on any atom is -0.281 e. The smallest absolute Gasteiger partial charge is 0.221 e. The maximum atomic E-state index is 10.7. The van der Waals surface area contributed by atoms with Crippen LogP contribution in [0.4, 0.5) is 0 Å². The average Bonchev–Trinajstić information content (AvgIpc) is 2.42. The summed E-state index contributed by atoms with van der Waals surface area (Å²) >= 11 is 10.7. The molecule has 0 aliphatic rings. The van der Waals surface area contributed by atoms with E-state index in [4.69, 9.17) is 23.2 Å². The van der Waals surface area contributed by atoms with Gasteiger partial charge in [0.15, 0.2) is 0 Å². The van der Waals surface area contributed by atoms with Crippen LogP contribution in [0, 0.1) is 5.92 Å². The van der Waals surface area contributed by atoms with E-state index in [1.165, 1.54) is 57.8 Å². The largest absolute Gasteiger partial charge is 0.281 e. The lowest BCUT2D eigenvalue weighted by Crippen LogP contribution is -1.99. The van der Waals surface area contributed by atoms with Gasteiger partial charge in [-0.15, -0.1) is 0 Å². The third kappa shape index (κ3) is 18.0. The highest BCUT2D eigenvalue weighted by Gasteiger charge is 2.06. The molecule has 0 heterocycles. The summed E-state index contributed by atoms with van der Waals surface area (Å²) in [4.78, 5) is 21.3. The molecule has 0 aliphatic carbocycles. The Labute approximate surface area is 146 Å². The van der Waals surface area contributed by atoms with Gasteiger partial charge in [-0.3, -0.25) is 9.59 Å². The molecule has 0 fully saturated rings. The van der Waals surface area contributed by atoms with Gasteiger partial charge in [0.05, 0.1) is 0 Å². The molecule has 2 nitrogen and oxygen atoms in total. The highest BCUT2D eigenvalue weighted by Crippen LogP contribution is 2.16. The highest BCUT2D eigenvalue weighted by molar-refractivity contribution is 6.63. The topological polar surface area (TPSA) is 34.1 Å². The van der Waals surface area contributed by atoms with Crippen molar-refractivity contribution in [2.45, 2.75) is 96.8 Å². The number of hydrogen-bond acceptors (Lipinski definition) is 2. The van der Waals surface area contributed by atoms with Crippen molar-refractivity contribution in [3.63, 3.8) is 0 Å². The zero-order valence-corrected chi connectivity index (χ0v) is 15.6. The van der Waals surface area contributed by atoms with Crippen LogP contribution in [0.3, 0.4) is 0 Å². The van der Waals surface area contributed by atoms with Gasteiger partial charge in [-0.2, -0.15) is 0 Å². The van der Waals surface area contributed by atoms with Crippen LogP contribution < -0.4 is 0 Å². The Morgan fingerprint density at radius 2 is 1.09 bits per heavy atom. The van der Waals surface area contributed by atoms with Crippen LogP contribution in [0.15, 0.2) is 0 Å². The molecule has 0 N–H and O–H groups in total. The van der Waals surface area contributed by atoms with Gasteiger partial charge >= 0.3 is 0 Å². The third-order valence-electron chi connectivity index (χ3n) is 4.08. The molecular formula is C18H32Cl2O2. The van der Waals surface area contributed by atoms with E-state index in [1.54, 1.807) is 0 Å². The first-order chi connectivity index (χ1) is 10.5. The number of hydrogen-bond donors (Lipinski definition) is 0. The van der Waals surface area contributed by atoms with Gasteiger partial charge in [-0.25, -0.2) is 0 Å². The predicted octanol–water partition coefficient (Wildman–Crippen LogP) is 6.61. The zero-order chi connectivity index (χ0) is 16.6. The molecule has 0 saturated heterocycles.